The summed E-state index contributed by atoms with van der Waals surface area (Å²) >= 11 is 1.59. The Balaban J connectivity index is 1.67. The average molecular weight is 444 g/mol. The normalized spacial score (nSPS) is 16.1. The van der Waals surface area contributed by atoms with Gasteiger partial charge in [0, 0.05) is 25.0 Å². The Kier molecular flexibility index (Phi) is 6.48. The van der Waals surface area contributed by atoms with E-state index >= 15 is 0 Å². The van der Waals surface area contributed by atoms with E-state index in [0.717, 1.165) is 34.7 Å². The Morgan fingerprint density at radius 1 is 1.03 bits per heavy atom. The minimum absolute atomic E-state index is 0.319. The third-order valence-electron chi connectivity index (χ3n) is 4.98. The number of morpholine rings is 1. The van der Waals surface area contributed by atoms with Crippen molar-refractivity contribution in [2.75, 3.05) is 26.3 Å². The van der Waals surface area contributed by atoms with Gasteiger partial charge in [0.1, 0.15) is 0 Å². The molecule has 1 saturated heterocycles. The molecule has 1 aromatic heterocycles. The van der Waals surface area contributed by atoms with Crippen molar-refractivity contribution in [3.63, 3.8) is 0 Å². The van der Waals surface area contributed by atoms with Crippen LogP contribution in [0.4, 0.5) is 5.69 Å². The van der Waals surface area contributed by atoms with Crippen molar-refractivity contribution >= 4 is 27.0 Å². The van der Waals surface area contributed by atoms with E-state index in [9.17, 15) is 8.42 Å². The third-order valence-corrected chi connectivity index (χ3v) is 7.76. The molecular weight excluding hydrogens is 418 g/mol. The standard InChI is InChI=1S/C22H25N3O3S2/c1-2-12-25-21(17-29-22(25)23-19-6-4-3-5-7-19)18-8-10-20(11-9-18)30(26,27)24-13-15-28-16-14-24/h3-11,17H,2,12-16H2,1H3. The molecule has 0 saturated carbocycles. The van der Waals surface area contributed by atoms with E-state index in [1.807, 2.05) is 42.5 Å². The van der Waals surface area contributed by atoms with Crippen LogP contribution in [0.2, 0.25) is 0 Å². The zero-order valence-corrected chi connectivity index (χ0v) is 18.5. The SMILES string of the molecule is CCCn1c(-c2ccc(S(=O)(=O)N3CCOCC3)cc2)csc1=Nc1ccccc1. The molecule has 0 bridgehead atoms. The Bertz CT molecular complexity index is 1140. The van der Waals surface area contributed by atoms with Crippen molar-refractivity contribution in [2.24, 2.45) is 4.99 Å². The molecule has 2 heterocycles. The van der Waals surface area contributed by atoms with E-state index in [1.54, 1.807) is 23.5 Å². The van der Waals surface area contributed by atoms with Crippen molar-refractivity contribution in [1.82, 2.24) is 8.87 Å². The number of sulfonamides is 1. The second kappa shape index (κ2) is 9.26. The number of hydrogen-bond donors (Lipinski definition) is 0. The quantitative estimate of drug-likeness (QED) is 0.581. The molecule has 0 N–H and O–H groups in total. The van der Waals surface area contributed by atoms with Gasteiger partial charge < -0.3 is 9.30 Å². The smallest absolute Gasteiger partial charge is 0.243 e. The highest BCUT2D eigenvalue weighted by Crippen LogP contribution is 2.25. The van der Waals surface area contributed by atoms with Gasteiger partial charge in [-0.2, -0.15) is 4.31 Å². The van der Waals surface area contributed by atoms with E-state index < -0.39 is 10.0 Å². The van der Waals surface area contributed by atoms with Gasteiger partial charge >= 0.3 is 0 Å². The predicted octanol–water partition coefficient (Wildman–Crippen LogP) is 3.88. The Hall–Kier alpha value is -2.26. The molecule has 30 heavy (non-hydrogen) atoms. The molecule has 4 rings (SSSR count). The maximum absolute atomic E-state index is 12.9. The van der Waals surface area contributed by atoms with Crippen LogP contribution in [0.1, 0.15) is 13.3 Å². The minimum Gasteiger partial charge on any atom is -0.379 e. The summed E-state index contributed by atoms with van der Waals surface area (Å²) in [7, 11) is -3.49. The van der Waals surface area contributed by atoms with Gasteiger partial charge in [-0.3, -0.25) is 0 Å². The van der Waals surface area contributed by atoms with Crippen LogP contribution >= 0.6 is 11.3 Å². The highest BCUT2D eigenvalue weighted by Gasteiger charge is 2.26. The molecule has 1 aliphatic heterocycles. The highest BCUT2D eigenvalue weighted by atomic mass is 32.2. The first-order valence-electron chi connectivity index (χ1n) is 10.1. The van der Waals surface area contributed by atoms with Crippen LogP contribution in [0.3, 0.4) is 0 Å². The topological polar surface area (TPSA) is 63.9 Å². The molecule has 0 aliphatic carbocycles. The molecule has 0 unspecified atom stereocenters. The van der Waals surface area contributed by atoms with Gasteiger partial charge in [-0.25, -0.2) is 13.4 Å². The molecule has 0 atom stereocenters. The molecule has 8 heteroatoms. The zero-order chi connectivity index (χ0) is 21.0. The molecule has 1 aliphatic rings. The Morgan fingerprint density at radius 2 is 1.73 bits per heavy atom. The lowest BCUT2D eigenvalue weighted by molar-refractivity contribution is 0.0730. The molecule has 2 aromatic carbocycles. The lowest BCUT2D eigenvalue weighted by atomic mass is 10.2. The van der Waals surface area contributed by atoms with E-state index in [4.69, 9.17) is 9.73 Å². The molecular formula is C22H25N3O3S2. The average Bonchev–Trinajstić information content (AvgIpc) is 3.17. The highest BCUT2D eigenvalue weighted by molar-refractivity contribution is 7.89. The van der Waals surface area contributed by atoms with E-state index in [0.29, 0.717) is 31.2 Å². The summed E-state index contributed by atoms with van der Waals surface area (Å²) in [6, 6.07) is 17.1. The third kappa shape index (κ3) is 4.41. The van der Waals surface area contributed by atoms with Gasteiger partial charge in [-0.05, 0) is 36.2 Å². The van der Waals surface area contributed by atoms with Gasteiger partial charge in [-0.1, -0.05) is 37.3 Å². The summed E-state index contributed by atoms with van der Waals surface area (Å²) in [5.74, 6) is 0. The van der Waals surface area contributed by atoms with Crippen LogP contribution in [-0.2, 0) is 21.3 Å². The fourth-order valence-corrected chi connectivity index (χ4v) is 5.80. The molecule has 6 nitrogen and oxygen atoms in total. The van der Waals surface area contributed by atoms with Crippen LogP contribution in [0.15, 0.2) is 69.9 Å². The summed E-state index contributed by atoms with van der Waals surface area (Å²) in [6.45, 7) is 4.66. The van der Waals surface area contributed by atoms with Gasteiger partial charge in [-0.15, -0.1) is 11.3 Å². The van der Waals surface area contributed by atoms with Gasteiger partial charge in [0.2, 0.25) is 10.0 Å². The van der Waals surface area contributed by atoms with Crippen molar-refractivity contribution in [1.29, 1.82) is 0 Å². The van der Waals surface area contributed by atoms with Crippen molar-refractivity contribution < 1.29 is 13.2 Å². The summed E-state index contributed by atoms with van der Waals surface area (Å²) in [6.07, 6.45) is 0.981. The summed E-state index contributed by atoms with van der Waals surface area (Å²) in [5, 5.41) is 2.09. The fourth-order valence-electron chi connectivity index (χ4n) is 3.44. The molecule has 3 aromatic rings. The van der Waals surface area contributed by atoms with Crippen LogP contribution in [0.25, 0.3) is 11.3 Å². The van der Waals surface area contributed by atoms with Crippen LogP contribution in [-0.4, -0.2) is 43.6 Å². The Labute approximate surface area is 181 Å². The first-order valence-corrected chi connectivity index (χ1v) is 12.4. The maximum Gasteiger partial charge on any atom is 0.243 e. The van der Waals surface area contributed by atoms with Gasteiger partial charge in [0.15, 0.2) is 4.80 Å². The van der Waals surface area contributed by atoms with Crippen LogP contribution in [0.5, 0.6) is 0 Å². The van der Waals surface area contributed by atoms with Crippen LogP contribution in [0, 0.1) is 0 Å². The number of aromatic nitrogens is 1. The summed E-state index contributed by atoms with van der Waals surface area (Å²) in [5.41, 5.74) is 2.95. The predicted molar refractivity (Wildman–Crippen MR) is 119 cm³/mol. The number of ether oxygens (including phenoxy) is 1. The van der Waals surface area contributed by atoms with Gasteiger partial charge in [0.05, 0.1) is 29.5 Å². The fraction of sp³-hybridized carbons (Fsp3) is 0.318. The number of para-hydroxylation sites is 1. The number of benzene rings is 2. The summed E-state index contributed by atoms with van der Waals surface area (Å²) < 4.78 is 34.7. The number of rotatable bonds is 6. The monoisotopic (exact) mass is 443 g/mol. The summed E-state index contributed by atoms with van der Waals surface area (Å²) in [4.78, 5) is 6.04. The number of nitrogens with zero attached hydrogens (tertiary/aromatic N) is 3. The molecule has 0 amide bonds. The second-order valence-corrected chi connectivity index (χ2v) is 9.82. The maximum atomic E-state index is 12.9. The first kappa shape index (κ1) is 21.0. The molecule has 1 fully saturated rings. The lowest BCUT2D eigenvalue weighted by Gasteiger charge is -2.26. The zero-order valence-electron chi connectivity index (χ0n) is 16.9. The first-order chi connectivity index (χ1) is 14.6. The van der Waals surface area contributed by atoms with Crippen molar-refractivity contribution in [3.05, 3.63) is 64.8 Å². The minimum atomic E-state index is -3.49. The van der Waals surface area contributed by atoms with Crippen molar-refractivity contribution in [2.45, 2.75) is 24.8 Å². The van der Waals surface area contributed by atoms with Crippen molar-refractivity contribution in [3.8, 4) is 11.3 Å². The van der Waals surface area contributed by atoms with E-state index in [2.05, 4.69) is 16.9 Å². The number of thiazole rings is 1. The van der Waals surface area contributed by atoms with E-state index in [1.165, 1.54) is 4.31 Å². The second-order valence-electron chi connectivity index (χ2n) is 7.04. The number of hydrogen-bond acceptors (Lipinski definition) is 5. The largest absolute Gasteiger partial charge is 0.379 e. The lowest BCUT2D eigenvalue weighted by Crippen LogP contribution is -2.40. The Morgan fingerprint density at radius 3 is 2.40 bits per heavy atom. The van der Waals surface area contributed by atoms with Crippen LogP contribution < -0.4 is 4.80 Å². The van der Waals surface area contributed by atoms with E-state index in [-0.39, 0.29) is 0 Å². The molecule has 0 spiro atoms. The molecule has 0 radical (unpaired) electrons. The molecule has 158 valence electrons. The van der Waals surface area contributed by atoms with Gasteiger partial charge in [0.25, 0.3) is 0 Å².